The molecule has 60 valence electrons. The van der Waals surface area contributed by atoms with Gasteiger partial charge in [-0.1, -0.05) is 18.2 Å². The molecular weight excluding hydrogens is 138 g/mol. The second-order valence-corrected chi connectivity index (χ2v) is 2.63. The molecule has 0 aliphatic carbocycles. The Bertz CT molecular complexity index is 196. The molecule has 1 aromatic carbocycles. The van der Waals surface area contributed by atoms with Gasteiger partial charge in [-0.05, 0) is 26.0 Å². The van der Waals surface area contributed by atoms with Gasteiger partial charge in [0.1, 0.15) is 0 Å². The molecule has 1 aromatic rings. The SMILES string of the molecule is CC(C)ONc1ccccc1. The number of anilines is 1. The van der Waals surface area contributed by atoms with Crippen LogP contribution in [0.5, 0.6) is 0 Å². The highest BCUT2D eigenvalue weighted by Gasteiger charge is 1.91. The minimum absolute atomic E-state index is 0.204. The summed E-state index contributed by atoms with van der Waals surface area (Å²) in [5.74, 6) is 0. The second kappa shape index (κ2) is 3.98. The lowest BCUT2D eigenvalue weighted by molar-refractivity contribution is 0.130. The van der Waals surface area contributed by atoms with Crippen molar-refractivity contribution in [3.8, 4) is 0 Å². The summed E-state index contributed by atoms with van der Waals surface area (Å²) in [4.78, 5) is 5.18. The molecule has 0 atom stereocenters. The number of hydrogen-bond donors (Lipinski definition) is 1. The Morgan fingerprint density at radius 3 is 2.36 bits per heavy atom. The van der Waals surface area contributed by atoms with E-state index in [2.05, 4.69) is 5.48 Å². The van der Waals surface area contributed by atoms with Gasteiger partial charge in [-0.15, -0.1) is 0 Å². The van der Waals surface area contributed by atoms with E-state index in [4.69, 9.17) is 4.84 Å². The highest BCUT2D eigenvalue weighted by Crippen LogP contribution is 2.05. The zero-order valence-corrected chi connectivity index (χ0v) is 6.87. The maximum Gasteiger partial charge on any atom is 0.0797 e. The van der Waals surface area contributed by atoms with Crippen molar-refractivity contribution >= 4 is 5.69 Å². The van der Waals surface area contributed by atoms with Gasteiger partial charge in [0.05, 0.1) is 11.8 Å². The molecule has 2 nitrogen and oxygen atoms in total. The quantitative estimate of drug-likeness (QED) is 0.670. The van der Waals surface area contributed by atoms with E-state index in [9.17, 15) is 0 Å². The van der Waals surface area contributed by atoms with E-state index in [1.54, 1.807) is 0 Å². The summed E-state index contributed by atoms with van der Waals surface area (Å²) in [6.45, 7) is 3.96. The van der Waals surface area contributed by atoms with Crippen molar-refractivity contribution in [3.63, 3.8) is 0 Å². The number of nitrogens with one attached hydrogen (secondary N) is 1. The molecule has 1 N–H and O–H groups in total. The number of rotatable bonds is 3. The summed E-state index contributed by atoms with van der Waals surface area (Å²) in [6, 6.07) is 9.82. The molecule has 0 saturated heterocycles. The molecule has 0 heterocycles. The van der Waals surface area contributed by atoms with Gasteiger partial charge < -0.3 is 0 Å². The van der Waals surface area contributed by atoms with E-state index in [1.807, 2.05) is 44.2 Å². The van der Waals surface area contributed by atoms with Crippen LogP contribution in [-0.2, 0) is 4.84 Å². The van der Waals surface area contributed by atoms with Gasteiger partial charge in [-0.25, -0.2) is 0 Å². The fourth-order valence-electron chi connectivity index (χ4n) is 0.692. The van der Waals surface area contributed by atoms with Crippen molar-refractivity contribution in [2.45, 2.75) is 20.0 Å². The number of hydrogen-bond acceptors (Lipinski definition) is 2. The molecular formula is C9H13NO. The summed E-state index contributed by atoms with van der Waals surface area (Å²) in [5, 5.41) is 0. The Hall–Kier alpha value is -1.02. The van der Waals surface area contributed by atoms with Crippen molar-refractivity contribution in [1.82, 2.24) is 0 Å². The maximum absolute atomic E-state index is 5.18. The molecule has 0 saturated carbocycles. The molecule has 0 spiro atoms. The topological polar surface area (TPSA) is 21.3 Å². The Kier molecular flexibility index (Phi) is 2.93. The van der Waals surface area contributed by atoms with Gasteiger partial charge in [-0.3, -0.25) is 10.3 Å². The zero-order valence-electron chi connectivity index (χ0n) is 6.87. The lowest BCUT2D eigenvalue weighted by Gasteiger charge is -2.08. The lowest BCUT2D eigenvalue weighted by Crippen LogP contribution is -2.08. The Morgan fingerprint density at radius 2 is 1.82 bits per heavy atom. The Labute approximate surface area is 67.1 Å². The minimum atomic E-state index is 0.204. The lowest BCUT2D eigenvalue weighted by atomic mass is 10.3. The van der Waals surface area contributed by atoms with Crippen molar-refractivity contribution in [2.24, 2.45) is 0 Å². The minimum Gasteiger partial charge on any atom is -0.273 e. The van der Waals surface area contributed by atoms with E-state index < -0.39 is 0 Å². The van der Waals surface area contributed by atoms with E-state index in [0.29, 0.717) is 0 Å². The average molecular weight is 151 g/mol. The fourth-order valence-corrected chi connectivity index (χ4v) is 0.692. The normalized spacial score (nSPS) is 10.1. The van der Waals surface area contributed by atoms with E-state index >= 15 is 0 Å². The predicted molar refractivity (Wildman–Crippen MR) is 46.3 cm³/mol. The first kappa shape index (κ1) is 8.08. The number of para-hydroxylation sites is 1. The van der Waals surface area contributed by atoms with Crippen molar-refractivity contribution in [2.75, 3.05) is 5.48 Å². The summed E-state index contributed by atoms with van der Waals surface area (Å²) in [7, 11) is 0. The van der Waals surface area contributed by atoms with Gasteiger partial charge in [0.15, 0.2) is 0 Å². The smallest absolute Gasteiger partial charge is 0.0797 e. The monoisotopic (exact) mass is 151 g/mol. The number of benzene rings is 1. The largest absolute Gasteiger partial charge is 0.273 e. The van der Waals surface area contributed by atoms with Gasteiger partial charge in [-0.2, -0.15) is 0 Å². The van der Waals surface area contributed by atoms with Crippen LogP contribution in [0.25, 0.3) is 0 Å². The van der Waals surface area contributed by atoms with Crippen LogP contribution in [0.1, 0.15) is 13.8 Å². The van der Waals surface area contributed by atoms with E-state index in [-0.39, 0.29) is 6.10 Å². The van der Waals surface area contributed by atoms with Crippen LogP contribution < -0.4 is 5.48 Å². The highest BCUT2D eigenvalue weighted by molar-refractivity contribution is 5.39. The predicted octanol–water partition coefficient (Wildman–Crippen LogP) is 2.44. The summed E-state index contributed by atoms with van der Waals surface area (Å²) >= 11 is 0. The summed E-state index contributed by atoms with van der Waals surface area (Å²) in [6.07, 6.45) is 0.204. The highest BCUT2D eigenvalue weighted by atomic mass is 16.7. The molecule has 0 radical (unpaired) electrons. The third-order valence-electron chi connectivity index (χ3n) is 1.19. The first-order valence-electron chi connectivity index (χ1n) is 3.76. The molecule has 0 amide bonds. The van der Waals surface area contributed by atoms with Crippen molar-refractivity contribution in [3.05, 3.63) is 30.3 Å². The third kappa shape index (κ3) is 3.05. The van der Waals surface area contributed by atoms with Crippen molar-refractivity contribution in [1.29, 1.82) is 0 Å². The van der Waals surface area contributed by atoms with Crippen LogP contribution >= 0.6 is 0 Å². The van der Waals surface area contributed by atoms with Crippen LogP contribution in [0, 0.1) is 0 Å². The van der Waals surface area contributed by atoms with Gasteiger partial charge >= 0.3 is 0 Å². The standard InChI is InChI=1S/C9H13NO/c1-8(2)11-10-9-6-4-3-5-7-9/h3-8,10H,1-2H3. The third-order valence-corrected chi connectivity index (χ3v) is 1.19. The molecule has 1 rings (SSSR count). The second-order valence-electron chi connectivity index (χ2n) is 2.63. The van der Waals surface area contributed by atoms with E-state index in [1.165, 1.54) is 0 Å². The molecule has 0 aliphatic rings. The molecule has 0 fully saturated rings. The summed E-state index contributed by atoms with van der Waals surface area (Å²) < 4.78 is 0. The molecule has 0 aliphatic heterocycles. The van der Waals surface area contributed by atoms with Crippen LogP contribution in [0.3, 0.4) is 0 Å². The Balaban J connectivity index is 2.39. The molecule has 0 bridgehead atoms. The Morgan fingerprint density at radius 1 is 1.18 bits per heavy atom. The molecule has 11 heavy (non-hydrogen) atoms. The van der Waals surface area contributed by atoms with E-state index in [0.717, 1.165) is 5.69 Å². The van der Waals surface area contributed by atoms with Crippen LogP contribution in [0.2, 0.25) is 0 Å². The fraction of sp³-hybridized carbons (Fsp3) is 0.333. The van der Waals surface area contributed by atoms with Crippen LogP contribution in [0.15, 0.2) is 30.3 Å². The van der Waals surface area contributed by atoms with Gasteiger partial charge in [0.25, 0.3) is 0 Å². The average Bonchev–Trinajstić information content (AvgIpc) is 2.03. The molecule has 0 aromatic heterocycles. The maximum atomic E-state index is 5.18. The first-order valence-corrected chi connectivity index (χ1v) is 3.76. The van der Waals surface area contributed by atoms with Crippen molar-refractivity contribution < 1.29 is 4.84 Å². The first-order chi connectivity index (χ1) is 5.29. The molecule has 0 unspecified atom stereocenters. The zero-order chi connectivity index (χ0) is 8.10. The van der Waals surface area contributed by atoms with Gasteiger partial charge in [0.2, 0.25) is 0 Å². The van der Waals surface area contributed by atoms with Gasteiger partial charge in [0, 0.05) is 0 Å². The summed E-state index contributed by atoms with van der Waals surface area (Å²) in [5.41, 5.74) is 3.83. The van der Waals surface area contributed by atoms with Crippen LogP contribution in [-0.4, -0.2) is 6.10 Å². The molecule has 2 heteroatoms. The van der Waals surface area contributed by atoms with Crippen LogP contribution in [0.4, 0.5) is 5.69 Å².